The second-order valence-corrected chi connectivity index (χ2v) is 4.30. The number of aromatic nitrogens is 1. The van der Waals surface area contributed by atoms with Crippen molar-refractivity contribution < 1.29 is 4.39 Å². The fourth-order valence-corrected chi connectivity index (χ4v) is 2.80. The highest BCUT2D eigenvalue weighted by molar-refractivity contribution is 5.22. The van der Waals surface area contributed by atoms with Crippen molar-refractivity contribution in [2.75, 3.05) is 0 Å². The van der Waals surface area contributed by atoms with Crippen LogP contribution in [0.25, 0.3) is 0 Å². The molecule has 14 heavy (non-hydrogen) atoms. The summed E-state index contributed by atoms with van der Waals surface area (Å²) in [7, 11) is 0. The molecule has 0 amide bonds. The van der Waals surface area contributed by atoms with Crippen LogP contribution in [0.1, 0.15) is 30.7 Å². The van der Waals surface area contributed by atoms with Crippen LogP contribution in [-0.4, -0.2) is 17.1 Å². The first-order valence-corrected chi connectivity index (χ1v) is 5.20. The van der Waals surface area contributed by atoms with E-state index in [9.17, 15) is 4.39 Å². The van der Waals surface area contributed by atoms with E-state index in [1.807, 2.05) is 6.07 Å². The fraction of sp³-hybridized carbons (Fsp3) is 0.545. The Balaban J connectivity index is 1.86. The summed E-state index contributed by atoms with van der Waals surface area (Å²) in [6, 6.07) is 4.62. The Bertz CT molecular complexity index is 336. The zero-order valence-electron chi connectivity index (χ0n) is 7.91. The molecule has 2 aliphatic heterocycles. The van der Waals surface area contributed by atoms with Crippen molar-refractivity contribution in [2.24, 2.45) is 0 Å². The van der Waals surface area contributed by atoms with Crippen LogP contribution >= 0.6 is 0 Å². The molecule has 3 rings (SSSR count). The molecule has 0 saturated carbocycles. The van der Waals surface area contributed by atoms with Crippen molar-refractivity contribution in [1.82, 2.24) is 10.3 Å². The van der Waals surface area contributed by atoms with E-state index in [-0.39, 0.29) is 5.95 Å². The highest BCUT2D eigenvalue weighted by atomic mass is 18.2. The Kier molecular flexibility index (Phi) is 1.80. The summed E-state index contributed by atoms with van der Waals surface area (Å²) in [6.45, 7) is 0. The number of hydrogen-bond donors (Lipinski definition) is 1. The van der Waals surface area contributed by atoms with Crippen LogP contribution in [-0.2, 0) is 0 Å². The number of pyridine rings is 1. The van der Waals surface area contributed by atoms with Gasteiger partial charge in [-0.25, -0.2) is 4.98 Å². The predicted molar refractivity (Wildman–Crippen MR) is 51.5 cm³/mol. The summed E-state index contributed by atoms with van der Waals surface area (Å²) >= 11 is 0. The van der Waals surface area contributed by atoms with Gasteiger partial charge in [0.15, 0.2) is 0 Å². The molecule has 2 bridgehead atoms. The molecule has 0 aromatic carbocycles. The lowest BCUT2D eigenvalue weighted by Crippen LogP contribution is -2.21. The summed E-state index contributed by atoms with van der Waals surface area (Å²) in [5.74, 6) is 0.173. The number of hydrogen-bond acceptors (Lipinski definition) is 2. The van der Waals surface area contributed by atoms with Gasteiger partial charge < -0.3 is 5.32 Å². The molecule has 1 N–H and O–H groups in total. The van der Waals surface area contributed by atoms with E-state index in [1.54, 1.807) is 6.20 Å². The largest absolute Gasteiger partial charge is 0.311 e. The zero-order valence-corrected chi connectivity index (χ0v) is 7.91. The summed E-state index contributed by atoms with van der Waals surface area (Å²) in [6.07, 6.45) is 5.43. The lowest BCUT2D eigenvalue weighted by molar-refractivity contribution is 0.502. The molecule has 2 nitrogen and oxygen atoms in total. The maximum absolute atomic E-state index is 12.6. The van der Waals surface area contributed by atoms with E-state index in [4.69, 9.17) is 0 Å². The van der Waals surface area contributed by atoms with E-state index in [0.29, 0.717) is 18.0 Å². The number of fused-ring (bicyclic) bond motifs is 2. The average molecular weight is 191 g/mol. The van der Waals surface area contributed by atoms with Gasteiger partial charge in [-0.3, -0.25) is 0 Å². The van der Waals surface area contributed by atoms with Crippen LogP contribution in [0.15, 0.2) is 18.3 Å². The van der Waals surface area contributed by atoms with Gasteiger partial charge in [0.25, 0.3) is 0 Å². The van der Waals surface area contributed by atoms with Crippen LogP contribution in [0.3, 0.4) is 0 Å². The molecule has 0 radical (unpaired) electrons. The van der Waals surface area contributed by atoms with Crippen LogP contribution in [0, 0.1) is 5.95 Å². The first-order chi connectivity index (χ1) is 6.83. The van der Waals surface area contributed by atoms with E-state index >= 15 is 0 Å². The topological polar surface area (TPSA) is 24.9 Å². The van der Waals surface area contributed by atoms with Gasteiger partial charge in [0.2, 0.25) is 5.95 Å². The smallest absolute Gasteiger partial charge is 0.212 e. The van der Waals surface area contributed by atoms with Crippen LogP contribution < -0.4 is 5.32 Å². The van der Waals surface area contributed by atoms with E-state index in [2.05, 4.69) is 10.3 Å². The number of halogens is 1. The molecular formula is C11H13FN2. The van der Waals surface area contributed by atoms with Gasteiger partial charge in [0.1, 0.15) is 0 Å². The molecule has 0 aliphatic carbocycles. The van der Waals surface area contributed by atoms with Crippen molar-refractivity contribution in [3.63, 3.8) is 0 Å². The minimum atomic E-state index is -0.384. The van der Waals surface area contributed by atoms with Gasteiger partial charge in [-0.05, 0) is 30.9 Å². The van der Waals surface area contributed by atoms with Crippen molar-refractivity contribution in [2.45, 2.75) is 37.3 Å². The molecule has 0 spiro atoms. The summed E-state index contributed by atoms with van der Waals surface area (Å²) in [4.78, 5) is 3.71. The van der Waals surface area contributed by atoms with Crippen molar-refractivity contribution in [1.29, 1.82) is 0 Å². The van der Waals surface area contributed by atoms with Crippen molar-refractivity contribution >= 4 is 0 Å². The zero-order chi connectivity index (χ0) is 9.54. The lowest BCUT2D eigenvalue weighted by atomic mass is 9.85. The summed E-state index contributed by atoms with van der Waals surface area (Å²) in [5.41, 5.74) is 1.19. The second kappa shape index (κ2) is 3.02. The molecule has 2 aliphatic rings. The third kappa shape index (κ3) is 1.23. The van der Waals surface area contributed by atoms with Gasteiger partial charge in [-0.1, -0.05) is 6.07 Å². The third-order valence-corrected chi connectivity index (χ3v) is 3.48. The van der Waals surface area contributed by atoms with E-state index in [1.165, 1.54) is 30.9 Å². The highest BCUT2D eigenvalue weighted by Crippen LogP contribution is 2.39. The molecule has 3 heterocycles. The molecule has 1 aromatic heterocycles. The standard InChI is InChI=1S/C11H13FN2/c12-11-4-1-7(6-13-11)9-5-8-2-3-10(9)14-8/h1,4,6,8-10,14H,2-3,5H2/t8-,9+,10+/m1/s1/i12-1. The van der Waals surface area contributed by atoms with Crippen molar-refractivity contribution in [3.8, 4) is 0 Å². The van der Waals surface area contributed by atoms with E-state index < -0.39 is 0 Å². The Hall–Kier alpha value is -0.960. The molecule has 74 valence electrons. The Morgan fingerprint density at radius 1 is 1.36 bits per heavy atom. The second-order valence-electron chi connectivity index (χ2n) is 4.30. The first-order valence-electron chi connectivity index (χ1n) is 5.20. The van der Waals surface area contributed by atoms with Crippen LogP contribution in [0.5, 0.6) is 0 Å². The highest BCUT2D eigenvalue weighted by Gasteiger charge is 2.39. The summed E-state index contributed by atoms with van der Waals surface area (Å²) < 4.78 is 12.6. The minimum Gasteiger partial charge on any atom is -0.311 e. The summed E-state index contributed by atoms with van der Waals surface area (Å²) in [5, 5.41) is 3.57. The average Bonchev–Trinajstić information content (AvgIpc) is 2.80. The fourth-order valence-electron chi connectivity index (χ4n) is 2.80. The normalized spacial score (nSPS) is 35.1. The Labute approximate surface area is 82.5 Å². The molecule has 0 unspecified atom stereocenters. The van der Waals surface area contributed by atoms with Gasteiger partial charge in [0.05, 0.1) is 0 Å². The maximum Gasteiger partial charge on any atom is 0.212 e. The number of nitrogens with one attached hydrogen (secondary N) is 1. The van der Waals surface area contributed by atoms with Gasteiger partial charge >= 0.3 is 0 Å². The Morgan fingerprint density at radius 2 is 2.29 bits per heavy atom. The van der Waals surface area contributed by atoms with Crippen LogP contribution in [0.2, 0.25) is 0 Å². The van der Waals surface area contributed by atoms with Gasteiger partial charge in [-0.15, -0.1) is 0 Å². The monoisotopic (exact) mass is 191 g/mol. The van der Waals surface area contributed by atoms with Crippen molar-refractivity contribution in [3.05, 3.63) is 29.8 Å². The first kappa shape index (κ1) is 8.36. The quantitative estimate of drug-likeness (QED) is 0.685. The Morgan fingerprint density at radius 3 is 2.86 bits per heavy atom. The SMILES string of the molecule is [18F]c1ccc([C@@H]2C[C@H]3CC[C@@H]2N3)cn1. The lowest BCUT2D eigenvalue weighted by Gasteiger charge is -2.19. The van der Waals surface area contributed by atoms with Gasteiger partial charge in [0, 0.05) is 24.2 Å². The molecule has 3 heteroatoms. The molecular weight excluding hydrogens is 178 g/mol. The molecule has 1 aromatic rings. The minimum absolute atomic E-state index is 0.384. The van der Waals surface area contributed by atoms with E-state index in [0.717, 1.165) is 0 Å². The number of rotatable bonds is 1. The molecule has 2 fully saturated rings. The van der Waals surface area contributed by atoms with Crippen LogP contribution in [0.4, 0.5) is 4.39 Å². The number of nitrogens with zero attached hydrogens (tertiary/aromatic N) is 1. The third-order valence-electron chi connectivity index (χ3n) is 3.48. The maximum atomic E-state index is 12.6. The molecule has 2 saturated heterocycles. The predicted octanol–water partition coefficient (Wildman–Crippen LogP) is 1.83. The molecule has 3 atom stereocenters. The van der Waals surface area contributed by atoms with Gasteiger partial charge in [-0.2, -0.15) is 4.39 Å².